The van der Waals surface area contributed by atoms with Gasteiger partial charge in [-0.3, -0.25) is 4.79 Å². The molecule has 20 heavy (non-hydrogen) atoms. The van der Waals surface area contributed by atoms with Gasteiger partial charge in [0.1, 0.15) is 0 Å². The lowest BCUT2D eigenvalue weighted by Gasteiger charge is -2.15. The van der Waals surface area contributed by atoms with Crippen molar-refractivity contribution in [3.8, 4) is 0 Å². The number of carbonyl (C=O) groups excluding carboxylic acids is 1. The standard InChI is InChI=1S/C16H23N3O/c1-2-12(9-10-17)11-13-3-5-14(6-4-13)15-7-8-16(20)19-18-15/h3-6,12H,2,7-11,17H2,1H3,(H,19,20). The highest BCUT2D eigenvalue weighted by Gasteiger charge is 2.13. The fourth-order valence-electron chi connectivity index (χ4n) is 2.54. The molecule has 0 aliphatic carbocycles. The Labute approximate surface area is 120 Å². The van der Waals surface area contributed by atoms with Crippen molar-refractivity contribution in [1.82, 2.24) is 5.43 Å². The highest BCUT2D eigenvalue weighted by molar-refractivity contribution is 6.04. The molecule has 2 rings (SSSR count). The summed E-state index contributed by atoms with van der Waals surface area (Å²) in [5.74, 6) is 0.662. The maximum Gasteiger partial charge on any atom is 0.240 e. The molecular weight excluding hydrogens is 250 g/mol. The summed E-state index contributed by atoms with van der Waals surface area (Å²) in [6.07, 6.45) is 4.57. The van der Waals surface area contributed by atoms with E-state index in [0.717, 1.165) is 43.5 Å². The van der Waals surface area contributed by atoms with Crippen molar-refractivity contribution in [3.63, 3.8) is 0 Å². The highest BCUT2D eigenvalue weighted by Crippen LogP contribution is 2.17. The number of nitrogens with one attached hydrogen (secondary N) is 1. The second-order valence-electron chi connectivity index (χ2n) is 5.35. The van der Waals surface area contributed by atoms with Crippen LogP contribution < -0.4 is 11.2 Å². The molecule has 1 amide bonds. The molecular formula is C16H23N3O. The number of carbonyl (C=O) groups is 1. The van der Waals surface area contributed by atoms with Gasteiger partial charge in [-0.2, -0.15) is 5.10 Å². The molecule has 1 unspecified atom stereocenters. The van der Waals surface area contributed by atoms with Crippen LogP contribution in [-0.4, -0.2) is 18.2 Å². The molecule has 1 aromatic rings. The quantitative estimate of drug-likeness (QED) is 0.834. The first-order valence-corrected chi connectivity index (χ1v) is 7.37. The summed E-state index contributed by atoms with van der Waals surface area (Å²) < 4.78 is 0. The van der Waals surface area contributed by atoms with Crippen molar-refractivity contribution in [2.75, 3.05) is 6.54 Å². The van der Waals surface area contributed by atoms with Crippen LogP contribution in [0, 0.1) is 5.92 Å². The first-order valence-electron chi connectivity index (χ1n) is 7.37. The van der Waals surface area contributed by atoms with Gasteiger partial charge in [-0.15, -0.1) is 0 Å². The van der Waals surface area contributed by atoms with Crippen LogP contribution in [0.25, 0.3) is 0 Å². The van der Waals surface area contributed by atoms with Crippen molar-refractivity contribution in [2.45, 2.75) is 39.0 Å². The van der Waals surface area contributed by atoms with E-state index in [2.05, 4.69) is 41.7 Å². The number of benzene rings is 1. The summed E-state index contributed by atoms with van der Waals surface area (Å²) in [4.78, 5) is 11.1. The summed E-state index contributed by atoms with van der Waals surface area (Å²) in [5, 5.41) is 4.12. The topological polar surface area (TPSA) is 67.5 Å². The van der Waals surface area contributed by atoms with Crippen LogP contribution in [0.5, 0.6) is 0 Å². The molecule has 0 aromatic heterocycles. The lowest BCUT2D eigenvalue weighted by Crippen LogP contribution is -2.25. The zero-order chi connectivity index (χ0) is 14.4. The Morgan fingerprint density at radius 2 is 2.05 bits per heavy atom. The van der Waals surface area contributed by atoms with Crippen LogP contribution in [0.2, 0.25) is 0 Å². The molecule has 0 spiro atoms. The minimum absolute atomic E-state index is 0.00191. The molecule has 1 aromatic carbocycles. The molecule has 1 aliphatic heterocycles. The average molecular weight is 273 g/mol. The van der Waals surface area contributed by atoms with Crippen LogP contribution in [0.1, 0.15) is 43.7 Å². The molecule has 4 nitrogen and oxygen atoms in total. The van der Waals surface area contributed by atoms with E-state index in [9.17, 15) is 4.79 Å². The van der Waals surface area contributed by atoms with Crippen LogP contribution >= 0.6 is 0 Å². The Morgan fingerprint density at radius 3 is 2.60 bits per heavy atom. The summed E-state index contributed by atoms with van der Waals surface area (Å²) in [7, 11) is 0. The van der Waals surface area contributed by atoms with Gasteiger partial charge in [-0.1, -0.05) is 37.6 Å². The number of rotatable bonds is 6. The van der Waals surface area contributed by atoms with Crippen LogP contribution in [0.4, 0.5) is 0 Å². The van der Waals surface area contributed by atoms with Crippen LogP contribution in [0.15, 0.2) is 29.4 Å². The third-order valence-corrected chi connectivity index (χ3v) is 3.87. The summed E-state index contributed by atoms with van der Waals surface area (Å²) in [6.45, 7) is 2.97. The number of nitrogens with two attached hydrogens (primary N) is 1. The number of hydrazone groups is 1. The van der Waals surface area contributed by atoms with E-state index in [-0.39, 0.29) is 5.91 Å². The maximum atomic E-state index is 11.1. The number of nitrogens with zero attached hydrogens (tertiary/aromatic N) is 1. The monoisotopic (exact) mass is 273 g/mol. The summed E-state index contributed by atoms with van der Waals surface area (Å²) >= 11 is 0. The van der Waals surface area contributed by atoms with E-state index in [1.165, 1.54) is 5.56 Å². The molecule has 0 fully saturated rings. The summed E-state index contributed by atoms with van der Waals surface area (Å²) in [6, 6.07) is 8.52. The Kier molecular flexibility index (Phi) is 5.30. The van der Waals surface area contributed by atoms with Crippen molar-refractivity contribution < 1.29 is 4.79 Å². The van der Waals surface area contributed by atoms with Gasteiger partial charge in [0.15, 0.2) is 0 Å². The van der Waals surface area contributed by atoms with E-state index in [1.807, 2.05) is 0 Å². The Hall–Kier alpha value is -1.68. The molecule has 0 radical (unpaired) electrons. The smallest absolute Gasteiger partial charge is 0.240 e. The van der Waals surface area contributed by atoms with E-state index < -0.39 is 0 Å². The van der Waals surface area contributed by atoms with Crippen molar-refractivity contribution in [3.05, 3.63) is 35.4 Å². The number of amides is 1. The molecule has 1 heterocycles. The van der Waals surface area contributed by atoms with Gasteiger partial charge in [0.2, 0.25) is 5.91 Å². The zero-order valence-electron chi connectivity index (χ0n) is 12.1. The molecule has 0 bridgehead atoms. The van der Waals surface area contributed by atoms with E-state index in [1.54, 1.807) is 0 Å². The number of hydrogen-bond donors (Lipinski definition) is 2. The SMILES string of the molecule is CCC(CCN)Cc1ccc(C2=NNC(=O)CC2)cc1. The van der Waals surface area contributed by atoms with Gasteiger partial charge < -0.3 is 5.73 Å². The van der Waals surface area contributed by atoms with Crippen molar-refractivity contribution in [2.24, 2.45) is 16.8 Å². The maximum absolute atomic E-state index is 11.1. The fraction of sp³-hybridized carbons (Fsp3) is 0.500. The minimum atomic E-state index is -0.00191. The summed E-state index contributed by atoms with van der Waals surface area (Å²) in [5.41, 5.74) is 11.6. The molecule has 3 N–H and O–H groups in total. The van der Waals surface area contributed by atoms with Gasteiger partial charge in [0, 0.05) is 12.8 Å². The molecule has 0 saturated heterocycles. The fourth-order valence-corrected chi connectivity index (χ4v) is 2.54. The van der Waals surface area contributed by atoms with E-state index in [0.29, 0.717) is 12.3 Å². The van der Waals surface area contributed by atoms with Gasteiger partial charge in [0.25, 0.3) is 0 Å². The normalized spacial score (nSPS) is 16.5. The third-order valence-electron chi connectivity index (χ3n) is 3.87. The number of hydrogen-bond acceptors (Lipinski definition) is 3. The van der Waals surface area contributed by atoms with E-state index >= 15 is 0 Å². The molecule has 0 saturated carbocycles. The lowest BCUT2D eigenvalue weighted by molar-refractivity contribution is -0.121. The first kappa shape index (κ1) is 14.7. The van der Waals surface area contributed by atoms with Crippen LogP contribution in [-0.2, 0) is 11.2 Å². The predicted octanol–water partition coefficient (Wildman–Crippen LogP) is 2.22. The molecule has 4 heteroatoms. The van der Waals surface area contributed by atoms with Gasteiger partial charge in [0.05, 0.1) is 5.71 Å². The van der Waals surface area contributed by atoms with Crippen LogP contribution in [0.3, 0.4) is 0 Å². The average Bonchev–Trinajstić information content (AvgIpc) is 2.48. The largest absolute Gasteiger partial charge is 0.330 e. The van der Waals surface area contributed by atoms with Gasteiger partial charge in [-0.25, -0.2) is 5.43 Å². The minimum Gasteiger partial charge on any atom is -0.330 e. The predicted molar refractivity (Wildman–Crippen MR) is 81.5 cm³/mol. The van der Waals surface area contributed by atoms with Gasteiger partial charge in [-0.05, 0) is 36.4 Å². The lowest BCUT2D eigenvalue weighted by atomic mass is 9.93. The highest BCUT2D eigenvalue weighted by atomic mass is 16.2. The Bertz CT molecular complexity index is 479. The zero-order valence-corrected chi connectivity index (χ0v) is 12.1. The first-order chi connectivity index (χ1) is 9.72. The van der Waals surface area contributed by atoms with Crippen molar-refractivity contribution in [1.29, 1.82) is 0 Å². The van der Waals surface area contributed by atoms with Crippen molar-refractivity contribution >= 4 is 11.6 Å². The van der Waals surface area contributed by atoms with E-state index in [4.69, 9.17) is 5.73 Å². The Morgan fingerprint density at radius 1 is 1.30 bits per heavy atom. The molecule has 1 atom stereocenters. The third kappa shape index (κ3) is 3.90. The second kappa shape index (κ2) is 7.20. The second-order valence-corrected chi connectivity index (χ2v) is 5.35. The molecule has 1 aliphatic rings. The molecule has 108 valence electrons. The Balaban J connectivity index is 2.01. The van der Waals surface area contributed by atoms with Gasteiger partial charge >= 0.3 is 0 Å².